The van der Waals surface area contributed by atoms with Gasteiger partial charge in [-0.2, -0.15) is 9.37 Å². The van der Waals surface area contributed by atoms with Gasteiger partial charge in [-0.25, -0.2) is 4.98 Å². The quantitative estimate of drug-likeness (QED) is 0.663. The van der Waals surface area contributed by atoms with Gasteiger partial charge >= 0.3 is 0 Å². The summed E-state index contributed by atoms with van der Waals surface area (Å²) in [5.41, 5.74) is 1.33. The molecule has 68 valence electrons. The lowest BCUT2D eigenvalue weighted by Gasteiger charge is -1.99. The number of imidazole rings is 1. The summed E-state index contributed by atoms with van der Waals surface area (Å²) in [4.78, 5) is 7.69. The summed E-state index contributed by atoms with van der Waals surface area (Å²) in [5.74, 6) is -0.380. The molecular formula is C8H8FN3O. The van der Waals surface area contributed by atoms with Crippen LogP contribution in [-0.4, -0.2) is 21.5 Å². The number of aromatic nitrogens is 3. The summed E-state index contributed by atoms with van der Waals surface area (Å²) in [6, 6.07) is 0. The van der Waals surface area contributed by atoms with E-state index >= 15 is 0 Å². The lowest BCUT2D eigenvalue weighted by atomic mass is 10.6. The van der Waals surface area contributed by atoms with Crippen LogP contribution < -0.4 is 4.74 Å². The maximum Gasteiger partial charge on any atom is 0.260 e. The summed E-state index contributed by atoms with van der Waals surface area (Å²) in [5, 5.41) is 0. The molecule has 0 spiro atoms. The first kappa shape index (κ1) is 7.97. The second kappa shape index (κ2) is 2.69. The zero-order chi connectivity index (χ0) is 9.42. The van der Waals surface area contributed by atoms with Gasteiger partial charge in [-0.3, -0.25) is 4.40 Å². The number of hydrogen-bond donors (Lipinski definition) is 0. The Morgan fingerprint density at radius 3 is 2.85 bits per heavy atom. The zero-order valence-corrected chi connectivity index (χ0v) is 7.28. The Balaban J connectivity index is 2.80. The van der Waals surface area contributed by atoms with Crippen molar-refractivity contribution in [3.63, 3.8) is 0 Å². The van der Waals surface area contributed by atoms with E-state index in [0.29, 0.717) is 5.65 Å². The van der Waals surface area contributed by atoms with E-state index in [1.54, 1.807) is 10.6 Å². The number of fused-ring (bicyclic) bond motifs is 1. The first-order chi connectivity index (χ1) is 6.20. The molecule has 5 heteroatoms. The van der Waals surface area contributed by atoms with Crippen molar-refractivity contribution >= 4 is 5.65 Å². The maximum atomic E-state index is 12.9. The van der Waals surface area contributed by atoms with Gasteiger partial charge in [0, 0.05) is 6.20 Å². The number of aryl methyl sites for hydroxylation is 1. The maximum absolute atomic E-state index is 12.9. The van der Waals surface area contributed by atoms with Gasteiger partial charge in [0.05, 0.1) is 19.0 Å². The molecule has 13 heavy (non-hydrogen) atoms. The van der Waals surface area contributed by atoms with Crippen LogP contribution in [0.1, 0.15) is 5.69 Å². The highest BCUT2D eigenvalue weighted by molar-refractivity contribution is 5.49. The van der Waals surface area contributed by atoms with Crippen molar-refractivity contribution in [3.05, 3.63) is 24.0 Å². The van der Waals surface area contributed by atoms with E-state index in [1.807, 2.05) is 6.92 Å². The van der Waals surface area contributed by atoms with Crippen molar-refractivity contribution in [2.24, 2.45) is 0 Å². The molecule has 4 nitrogen and oxygen atoms in total. The van der Waals surface area contributed by atoms with Crippen molar-refractivity contribution < 1.29 is 9.13 Å². The zero-order valence-electron chi connectivity index (χ0n) is 7.28. The second-order valence-corrected chi connectivity index (χ2v) is 2.69. The molecule has 2 heterocycles. The van der Waals surface area contributed by atoms with Gasteiger partial charge in [-0.05, 0) is 6.92 Å². The Labute approximate surface area is 74.0 Å². The van der Waals surface area contributed by atoms with Crippen LogP contribution in [0.25, 0.3) is 5.65 Å². The van der Waals surface area contributed by atoms with Crippen molar-refractivity contribution in [1.29, 1.82) is 0 Å². The molecule has 2 rings (SSSR count). The fraction of sp³-hybridized carbons (Fsp3) is 0.250. The van der Waals surface area contributed by atoms with E-state index in [1.165, 1.54) is 13.3 Å². The molecule has 2 aromatic heterocycles. The molecule has 0 aliphatic rings. The fourth-order valence-corrected chi connectivity index (χ4v) is 1.20. The monoisotopic (exact) mass is 181 g/mol. The molecule has 0 N–H and O–H groups in total. The molecule has 0 atom stereocenters. The Morgan fingerprint density at radius 1 is 1.38 bits per heavy atom. The van der Waals surface area contributed by atoms with Crippen LogP contribution in [0.15, 0.2) is 12.4 Å². The number of ether oxygens (including phenoxy) is 1. The van der Waals surface area contributed by atoms with Gasteiger partial charge in [0.25, 0.3) is 5.88 Å². The smallest absolute Gasteiger partial charge is 0.260 e. The molecule has 0 aliphatic heterocycles. The summed E-state index contributed by atoms with van der Waals surface area (Å²) >= 11 is 0. The number of methoxy groups -OCH3 is 1. The van der Waals surface area contributed by atoms with Crippen LogP contribution in [0.3, 0.4) is 0 Å². The predicted molar refractivity (Wildman–Crippen MR) is 44.2 cm³/mol. The third kappa shape index (κ3) is 1.22. The normalized spacial score (nSPS) is 10.7. The molecule has 0 unspecified atom stereocenters. The van der Waals surface area contributed by atoms with E-state index < -0.39 is 5.95 Å². The SMILES string of the molecule is COc1nc(F)cn2cc(C)nc12. The molecule has 0 saturated carbocycles. The molecule has 0 bridgehead atoms. The lowest BCUT2D eigenvalue weighted by molar-refractivity contribution is 0.388. The highest BCUT2D eigenvalue weighted by Gasteiger charge is 2.08. The molecule has 2 aromatic rings. The molecule has 0 aromatic carbocycles. The van der Waals surface area contributed by atoms with Crippen LogP contribution in [0, 0.1) is 12.9 Å². The van der Waals surface area contributed by atoms with Gasteiger partial charge < -0.3 is 4.74 Å². The van der Waals surface area contributed by atoms with Crippen molar-refractivity contribution in [3.8, 4) is 5.88 Å². The standard InChI is InChI=1S/C8H8FN3O/c1-5-3-12-4-6(9)11-8(13-2)7(12)10-5/h3-4H,1-2H3. The topological polar surface area (TPSA) is 39.4 Å². The molecular weight excluding hydrogens is 173 g/mol. The van der Waals surface area contributed by atoms with Crippen LogP contribution in [0.5, 0.6) is 5.88 Å². The van der Waals surface area contributed by atoms with Crippen LogP contribution in [0.2, 0.25) is 0 Å². The molecule has 0 amide bonds. The number of nitrogens with zero attached hydrogens (tertiary/aromatic N) is 3. The molecule has 0 saturated heterocycles. The summed E-state index contributed by atoms with van der Waals surface area (Å²) < 4.78 is 19.3. The Bertz CT molecular complexity index is 452. The van der Waals surface area contributed by atoms with Crippen molar-refractivity contribution in [2.45, 2.75) is 6.92 Å². The van der Waals surface area contributed by atoms with Gasteiger partial charge in [0.2, 0.25) is 11.6 Å². The number of halogens is 1. The van der Waals surface area contributed by atoms with Gasteiger partial charge in [0.15, 0.2) is 0 Å². The molecule has 0 radical (unpaired) electrons. The Kier molecular flexibility index (Phi) is 1.65. The number of rotatable bonds is 1. The largest absolute Gasteiger partial charge is 0.478 e. The van der Waals surface area contributed by atoms with Crippen molar-refractivity contribution in [1.82, 2.24) is 14.4 Å². The fourth-order valence-electron chi connectivity index (χ4n) is 1.20. The van der Waals surface area contributed by atoms with Gasteiger partial charge in [-0.1, -0.05) is 0 Å². The average molecular weight is 181 g/mol. The summed E-state index contributed by atoms with van der Waals surface area (Å²) in [7, 11) is 1.44. The van der Waals surface area contributed by atoms with E-state index in [-0.39, 0.29) is 5.88 Å². The minimum absolute atomic E-state index is 0.202. The van der Waals surface area contributed by atoms with Gasteiger partial charge in [-0.15, -0.1) is 0 Å². The van der Waals surface area contributed by atoms with E-state index in [4.69, 9.17) is 4.74 Å². The van der Waals surface area contributed by atoms with E-state index in [2.05, 4.69) is 9.97 Å². The van der Waals surface area contributed by atoms with E-state index in [0.717, 1.165) is 5.69 Å². The summed E-state index contributed by atoms with van der Waals surface area (Å²) in [6.45, 7) is 1.82. The minimum atomic E-state index is -0.582. The highest BCUT2D eigenvalue weighted by atomic mass is 19.1. The first-order valence-corrected chi connectivity index (χ1v) is 3.76. The van der Waals surface area contributed by atoms with Crippen LogP contribution in [-0.2, 0) is 0 Å². The third-order valence-electron chi connectivity index (χ3n) is 1.69. The first-order valence-electron chi connectivity index (χ1n) is 3.76. The van der Waals surface area contributed by atoms with Crippen LogP contribution >= 0.6 is 0 Å². The molecule has 0 fully saturated rings. The Hall–Kier alpha value is -1.65. The highest BCUT2D eigenvalue weighted by Crippen LogP contribution is 2.15. The summed E-state index contributed by atoms with van der Waals surface area (Å²) in [6.07, 6.45) is 2.97. The van der Waals surface area contributed by atoms with Crippen LogP contribution in [0.4, 0.5) is 4.39 Å². The minimum Gasteiger partial charge on any atom is -0.478 e. The predicted octanol–water partition coefficient (Wildman–Crippen LogP) is 1.19. The lowest BCUT2D eigenvalue weighted by Crippen LogP contribution is -1.96. The third-order valence-corrected chi connectivity index (χ3v) is 1.69. The van der Waals surface area contributed by atoms with E-state index in [9.17, 15) is 4.39 Å². The average Bonchev–Trinajstić information content (AvgIpc) is 2.43. The van der Waals surface area contributed by atoms with Gasteiger partial charge in [0.1, 0.15) is 0 Å². The number of hydrogen-bond acceptors (Lipinski definition) is 3. The molecule has 0 aliphatic carbocycles. The Morgan fingerprint density at radius 2 is 2.15 bits per heavy atom. The van der Waals surface area contributed by atoms with Crippen molar-refractivity contribution in [2.75, 3.05) is 7.11 Å². The second-order valence-electron chi connectivity index (χ2n) is 2.69.